The largest absolute Gasteiger partial charge is 0.501 e. The molecule has 8 rings (SSSR count). The molecule has 1 radical (unpaired) electrons. The van der Waals surface area contributed by atoms with Gasteiger partial charge in [0.2, 0.25) is 0 Å². The molecule has 0 bridgehead atoms. The van der Waals surface area contributed by atoms with E-state index in [0.29, 0.717) is 0 Å². The third kappa shape index (κ3) is 6.61. The van der Waals surface area contributed by atoms with Crippen LogP contribution in [0, 0.1) is 12.1 Å². The summed E-state index contributed by atoms with van der Waals surface area (Å²) in [6.45, 7) is 0. The molecule has 0 saturated carbocycles. The van der Waals surface area contributed by atoms with E-state index >= 15 is 0 Å². The summed E-state index contributed by atoms with van der Waals surface area (Å²) in [4.78, 5) is 9.20. The maximum absolute atomic E-state index is 6.34. The van der Waals surface area contributed by atoms with Gasteiger partial charge >= 0.3 is 99.8 Å². The molecule has 5 heteroatoms. The van der Waals surface area contributed by atoms with Gasteiger partial charge < -0.3 is 9.40 Å². The number of furan rings is 1. The van der Waals surface area contributed by atoms with Crippen molar-refractivity contribution in [3.63, 3.8) is 0 Å². The topological polar surface area (TPSA) is 38.9 Å². The SMILES string of the molecule is [CH3][Ge]([CH3])([CH3])[c]1ccc(-c2[c-]cccc2)nc1.[Ir].[c-]1ccc2c(oc3cc(-c4ccccc4)ccc32)c1-c1cc2ccccc2cn1. The number of rotatable bonds is 4. The number of hydrogen-bond acceptors (Lipinski definition) is 3. The van der Waals surface area contributed by atoms with Gasteiger partial charge in [0.05, 0.1) is 5.58 Å². The predicted molar refractivity (Wildman–Crippen MR) is 190 cm³/mol. The third-order valence-corrected chi connectivity index (χ3v) is 12.3. The van der Waals surface area contributed by atoms with Crippen LogP contribution in [0.2, 0.25) is 17.3 Å². The van der Waals surface area contributed by atoms with Crippen LogP contribution in [0.3, 0.4) is 0 Å². The maximum Gasteiger partial charge on any atom is 0.121 e. The van der Waals surface area contributed by atoms with E-state index in [1.807, 2.05) is 60.9 Å². The van der Waals surface area contributed by atoms with E-state index in [1.54, 1.807) is 0 Å². The van der Waals surface area contributed by atoms with Crippen molar-refractivity contribution in [2.75, 3.05) is 0 Å². The molecule has 0 N–H and O–H groups in total. The van der Waals surface area contributed by atoms with E-state index in [1.165, 1.54) is 9.96 Å². The second kappa shape index (κ2) is 13.6. The van der Waals surface area contributed by atoms with Gasteiger partial charge in [0.15, 0.2) is 0 Å². The quantitative estimate of drug-likeness (QED) is 0.131. The van der Waals surface area contributed by atoms with E-state index < -0.39 is 13.3 Å². The first kappa shape index (κ1) is 31.6. The standard InChI is InChI=1S/C27H16NO.C14H16GeN.Ir/c1-2-7-18(8-3-1)20-13-14-22-23-11-6-12-24(27(23)29-26(22)16-20)25-15-19-9-4-5-10-21(19)17-28-25;1-15(2,3)13-9-10-14(16-11-13)12-7-5-4-6-8-12;/h1-11,13-17H;4-7,9-11H,1-3H3;/q2*-1;. The zero-order chi connectivity index (χ0) is 30.8. The molecule has 5 aromatic carbocycles. The van der Waals surface area contributed by atoms with E-state index in [2.05, 4.69) is 118 Å². The van der Waals surface area contributed by atoms with Crippen molar-refractivity contribution in [3.8, 4) is 33.6 Å². The molecule has 0 saturated heterocycles. The van der Waals surface area contributed by atoms with Gasteiger partial charge in [0, 0.05) is 31.7 Å². The summed E-state index contributed by atoms with van der Waals surface area (Å²) in [5.41, 5.74) is 7.87. The molecule has 3 nitrogen and oxygen atoms in total. The second-order valence-corrected chi connectivity index (χ2v) is 22.8. The molecular formula is C41H32GeIrN2O-2. The molecule has 8 aromatic rings. The van der Waals surface area contributed by atoms with E-state index in [9.17, 15) is 0 Å². The zero-order valence-electron chi connectivity index (χ0n) is 25.9. The summed E-state index contributed by atoms with van der Waals surface area (Å²) in [5, 5.41) is 4.48. The fourth-order valence-electron chi connectivity index (χ4n) is 5.51. The molecular weight excluding hydrogens is 801 g/mol. The van der Waals surface area contributed by atoms with Crippen LogP contribution in [0.5, 0.6) is 0 Å². The Balaban J connectivity index is 0.000000187. The van der Waals surface area contributed by atoms with Crippen LogP contribution >= 0.6 is 0 Å². The molecule has 3 aromatic heterocycles. The Bertz CT molecular complexity index is 2240. The first-order valence-corrected chi connectivity index (χ1v) is 22.5. The Morgan fingerprint density at radius 1 is 0.587 bits per heavy atom. The molecule has 0 amide bonds. The molecule has 0 spiro atoms. The van der Waals surface area contributed by atoms with Gasteiger partial charge in [0.25, 0.3) is 0 Å². The summed E-state index contributed by atoms with van der Waals surface area (Å²) in [7, 11) is 0. The second-order valence-electron chi connectivity index (χ2n) is 12.1. The van der Waals surface area contributed by atoms with E-state index in [4.69, 9.17) is 4.42 Å². The minimum absolute atomic E-state index is 0. The molecule has 0 aliphatic heterocycles. The fraction of sp³-hybridized carbons (Fsp3) is 0.0732. The number of hydrogen-bond donors (Lipinski definition) is 0. The minimum Gasteiger partial charge on any atom is -0.501 e. The normalized spacial score (nSPS) is 11.2. The average molecular weight is 834 g/mol. The van der Waals surface area contributed by atoms with Gasteiger partial charge in [0.1, 0.15) is 5.58 Å². The van der Waals surface area contributed by atoms with Gasteiger partial charge in [-0.15, -0.1) is 18.2 Å². The number of pyridine rings is 2. The fourth-order valence-corrected chi connectivity index (χ4v) is 7.68. The van der Waals surface area contributed by atoms with E-state index in [0.717, 1.165) is 60.8 Å². The van der Waals surface area contributed by atoms with Crippen molar-refractivity contribution < 1.29 is 24.5 Å². The molecule has 0 aliphatic carbocycles. The molecule has 3 heterocycles. The summed E-state index contributed by atoms with van der Waals surface area (Å²) >= 11 is -1.72. The van der Waals surface area contributed by atoms with Crippen LogP contribution in [-0.4, -0.2) is 23.2 Å². The number of fused-ring (bicyclic) bond motifs is 4. The van der Waals surface area contributed by atoms with Crippen LogP contribution in [0.25, 0.3) is 66.4 Å². The number of benzene rings is 5. The van der Waals surface area contributed by atoms with Crippen LogP contribution in [0.4, 0.5) is 0 Å². The molecule has 227 valence electrons. The average Bonchev–Trinajstić information content (AvgIpc) is 3.47. The Morgan fingerprint density at radius 2 is 1.35 bits per heavy atom. The van der Waals surface area contributed by atoms with Crippen LogP contribution < -0.4 is 4.40 Å². The molecule has 0 unspecified atom stereocenters. The van der Waals surface area contributed by atoms with Gasteiger partial charge in [-0.3, -0.25) is 0 Å². The first-order valence-electron chi connectivity index (χ1n) is 15.2. The van der Waals surface area contributed by atoms with Crippen LogP contribution in [-0.2, 0) is 20.1 Å². The van der Waals surface area contributed by atoms with Crippen molar-refractivity contribution in [2.45, 2.75) is 17.3 Å². The van der Waals surface area contributed by atoms with Crippen LogP contribution in [0.15, 0.2) is 144 Å². The van der Waals surface area contributed by atoms with Gasteiger partial charge in [-0.05, 0) is 33.7 Å². The van der Waals surface area contributed by atoms with Crippen molar-refractivity contribution in [2.24, 2.45) is 0 Å². The van der Waals surface area contributed by atoms with Gasteiger partial charge in [-0.1, -0.05) is 83.7 Å². The zero-order valence-corrected chi connectivity index (χ0v) is 30.4. The van der Waals surface area contributed by atoms with E-state index in [-0.39, 0.29) is 20.1 Å². The van der Waals surface area contributed by atoms with Crippen molar-refractivity contribution >= 4 is 50.4 Å². The Kier molecular flexibility index (Phi) is 9.32. The molecule has 0 atom stereocenters. The van der Waals surface area contributed by atoms with Crippen molar-refractivity contribution in [1.82, 2.24) is 9.97 Å². The molecule has 0 fully saturated rings. The van der Waals surface area contributed by atoms with Crippen molar-refractivity contribution in [1.29, 1.82) is 0 Å². The summed E-state index contributed by atoms with van der Waals surface area (Å²) in [6.07, 6.45) is 3.95. The summed E-state index contributed by atoms with van der Waals surface area (Å²) in [5.74, 6) is 7.14. The monoisotopic (exact) mass is 835 g/mol. The summed E-state index contributed by atoms with van der Waals surface area (Å²) < 4.78 is 7.79. The first-order chi connectivity index (χ1) is 21.9. The van der Waals surface area contributed by atoms with Gasteiger partial charge in [-0.2, -0.15) is 0 Å². The summed E-state index contributed by atoms with van der Waals surface area (Å²) in [6, 6.07) is 50.0. The Hall–Kier alpha value is -4.35. The minimum atomic E-state index is -1.72. The van der Waals surface area contributed by atoms with Crippen LogP contribution in [0.1, 0.15) is 0 Å². The Morgan fingerprint density at radius 3 is 2.09 bits per heavy atom. The maximum atomic E-state index is 6.34. The third-order valence-electron chi connectivity index (χ3n) is 8.04. The molecule has 46 heavy (non-hydrogen) atoms. The smallest absolute Gasteiger partial charge is 0.121 e. The molecule has 0 aliphatic rings. The van der Waals surface area contributed by atoms with Gasteiger partial charge in [-0.25, -0.2) is 0 Å². The predicted octanol–water partition coefficient (Wildman–Crippen LogP) is 10.4. The van der Waals surface area contributed by atoms with Crippen molar-refractivity contribution in [3.05, 3.63) is 152 Å². The Labute approximate surface area is 286 Å². The number of nitrogens with zero attached hydrogens (tertiary/aromatic N) is 2. The number of aromatic nitrogens is 2.